The number of ether oxygens (including phenoxy) is 3. The number of hydrogen-bond acceptors (Lipinski definition) is 10. The van der Waals surface area contributed by atoms with E-state index in [9.17, 15) is 30.0 Å². The molecule has 0 amide bonds. The van der Waals surface area contributed by atoms with E-state index in [2.05, 4.69) is 0 Å². The van der Waals surface area contributed by atoms with Gasteiger partial charge in [-0.25, -0.2) is 0 Å². The minimum Gasteiger partial charge on any atom is -0.506 e. The van der Waals surface area contributed by atoms with Gasteiger partial charge in [0.25, 0.3) is 0 Å². The molecular formula is C27H31NO9. The summed E-state index contributed by atoms with van der Waals surface area (Å²) in [5.74, 6) is -1.08. The summed E-state index contributed by atoms with van der Waals surface area (Å²) in [6.45, 7) is 3.04. The molecule has 1 unspecified atom stereocenters. The Morgan fingerprint density at radius 1 is 1.22 bits per heavy atom. The van der Waals surface area contributed by atoms with Crippen LogP contribution >= 0.6 is 0 Å². The van der Waals surface area contributed by atoms with Gasteiger partial charge in [0, 0.05) is 52.8 Å². The van der Waals surface area contributed by atoms with Crippen LogP contribution in [-0.4, -0.2) is 81.5 Å². The van der Waals surface area contributed by atoms with E-state index in [1.165, 1.54) is 20.1 Å². The minimum absolute atomic E-state index is 0.000564. The molecule has 1 aliphatic heterocycles. The smallest absolute Gasteiger partial charge is 0.194 e. The average molecular weight is 514 g/mol. The van der Waals surface area contributed by atoms with Gasteiger partial charge in [-0.1, -0.05) is 12.1 Å². The zero-order valence-corrected chi connectivity index (χ0v) is 20.8. The molecule has 2 aromatic carbocycles. The lowest BCUT2D eigenvalue weighted by atomic mass is 9.69. The maximum atomic E-state index is 13.9. The number of phenolic OH excluding ortho intramolecular Hbond substituents is 1. The highest BCUT2D eigenvalue weighted by molar-refractivity contribution is 6.30. The molecule has 10 heteroatoms. The van der Waals surface area contributed by atoms with Crippen LogP contribution in [0.15, 0.2) is 35.4 Å². The average Bonchev–Trinajstić information content (AvgIpc) is 2.85. The van der Waals surface area contributed by atoms with Crippen molar-refractivity contribution in [3.63, 3.8) is 0 Å². The van der Waals surface area contributed by atoms with Crippen molar-refractivity contribution < 1.29 is 44.2 Å². The van der Waals surface area contributed by atoms with Crippen LogP contribution in [0.25, 0.3) is 10.8 Å². The summed E-state index contributed by atoms with van der Waals surface area (Å²) >= 11 is 0. The van der Waals surface area contributed by atoms with Crippen LogP contribution in [0.3, 0.4) is 0 Å². The Balaban J connectivity index is 1.63. The van der Waals surface area contributed by atoms with Crippen LogP contribution in [0, 0.1) is 0 Å². The predicted octanol–water partition coefficient (Wildman–Crippen LogP) is 1.34. The summed E-state index contributed by atoms with van der Waals surface area (Å²) in [6.07, 6.45) is -5.15. The molecule has 0 radical (unpaired) electrons. The molecule has 0 aromatic heterocycles. The quantitative estimate of drug-likeness (QED) is 0.402. The Labute approximate surface area is 213 Å². The van der Waals surface area contributed by atoms with Crippen LogP contribution < -0.4 is 10.5 Å². The van der Waals surface area contributed by atoms with E-state index in [0.29, 0.717) is 16.5 Å². The minimum atomic E-state index is -1.77. The lowest BCUT2D eigenvalue weighted by Crippen LogP contribution is -2.55. The fraction of sp³-hybridized carbons (Fsp3) is 0.481. The molecule has 6 N–H and O–H groups in total. The van der Waals surface area contributed by atoms with Gasteiger partial charge in [0.15, 0.2) is 17.9 Å². The van der Waals surface area contributed by atoms with Crippen LogP contribution in [-0.2, 0) is 9.47 Å². The molecule has 2 aliphatic carbocycles. The second kappa shape index (κ2) is 9.16. The van der Waals surface area contributed by atoms with E-state index in [1.807, 2.05) is 0 Å². The molecule has 0 saturated carbocycles. The van der Waals surface area contributed by atoms with Crippen LogP contribution in [0.1, 0.15) is 53.8 Å². The van der Waals surface area contributed by atoms with Crippen molar-refractivity contribution >= 4 is 22.3 Å². The van der Waals surface area contributed by atoms with Crippen molar-refractivity contribution in [2.24, 2.45) is 5.73 Å². The van der Waals surface area contributed by atoms with Gasteiger partial charge in [-0.15, -0.1) is 0 Å². The molecule has 3 aliphatic rings. The van der Waals surface area contributed by atoms with E-state index >= 15 is 0 Å². The van der Waals surface area contributed by atoms with Crippen LogP contribution in [0.4, 0.5) is 0 Å². The second-order valence-electron chi connectivity index (χ2n) is 10.2. The number of phenols is 1. The molecule has 1 fully saturated rings. The lowest BCUT2D eigenvalue weighted by Gasteiger charge is -2.44. The molecule has 37 heavy (non-hydrogen) atoms. The summed E-state index contributed by atoms with van der Waals surface area (Å²) in [5.41, 5.74) is 4.13. The zero-order valence-electron chi connectivity index (χ0n) is 20.8. The fourth-order valence-electron chi connectivity index (χ4n) is 5.63. The molecule has 1 heterocycles. The lowest BCUT2D eigenvalue weighted by molar-refractivity contribution is -0.242. The summed E-state index contributed by atoms with van der Waals surface area (Å²) in [6, 6.07) is 5.85. The number of aromatic hydroxyl groups is 1. The number of ketones is 2. The van der Waals surface area contributed by atoms with Gasteiger partial charge in [-0.05, 0) is 26.0 Å². The van der Waals surface area contributed by atoms with Gasteiger partial charge in [0.1, 0.15) is 11.5 Å². The molecule has 2 aromatic rings. The Hall–Kier alpha value is -2.86. The van der Waals surface area contributed by atoms with Gasteiger partial charge in [0.05, 0.1) is 42.7 Å². The highest BCUT2D eigenvalue weighted by Gasteiger charge is 2.50. The Morgan fingerprint density at radius 3 is 2.59 bits per heavy atom. The monoisotopic (exact) mass is 513 g/mol. The molecule has 198 valence electrons. The van der Waals surface area contributed by atoms with Crippen LogP contribution in [0.2, 0.25) is 0 Å². The maximum Gasteiger partial charge on any atom is 0.194 e. The summed E-state index contributed by atoms with van der Waals surface area (Å²) in [7, 11) is 1.47. The van der Waals surface area contributed by atoms with E-state index in [4.69, 9.17) is 19.9 Å². The second-order valence-corrected chi connectivity index (χ2v) is 10.2. The number of fused-ring (bicyclic) bond motifs is 2. The molecule has 10 nitrogen and oxygen atoms in total. The first kappa shape index (κ1) is 25.8. The van der Waals surface area contributed by atoms with E-state index in [0.717, 1.165) is 0 Å². The number of methoxy groups -OCH3 is 1. The number of nitrogens with two attached hydrogens (primary N) is 1. The topological polar surface area (TPSA) is 169 Å². The van der Waals surface area contributed by atoms with Crippen molar-refractivity contribution in [1.82, 2.24) is 0 Å². The number of Topliss-reactive ketones (excluding diaryl/α,β-unsaturated/α-hetero) is 2. The number of aliphatic hydroxyl groups excluding tert-OH is 2. The number of carbonyl (C=O) groups excluding carboxylic acids is 2. The number of carbonyl (C=O) groups is 2. The largest absolute Gasteiger partial charge is 0.506 e. The van der Waals surface area contributed by atoms with E-state index in [-0.39, 0.29) is 47.3 Å². The first-order chi connectivity index (χ1) is 17.5. The van der Waals surface area contributed by atoms with Crippen molar-refractivity contribution in [2.75, 3.05) is 7.11 Å². The predicted molar refractivity (Wildman–Crippen MR) is 132 cm³/mol. The van der Waals surface area contributed by atoms with Crippen molar-refractivity contribution in [3.05, 3.63) is 46.5 Å². The number of benzene rings is 2. The SMILES string of the molecule is COc1cccc2c(O)c3c(cc12)C(=O)C1=C(C[C@@](O)(C(C)O)C[C@@H]1O[C@H]1C[C@H](N)[C@H](O)[C@H](C)O1)C3=O. The Kier molecular flexibility index (Phi) is 6.38. The third-order valence-corrected chi connectivity index (χ3v) is 7.84. The highest BCUT2D eigenvalue weighted by atomic mass is 16.7. The molecule has 5 rings (SSSR count). The zero-order chi connectivity index (χ0) is 26.8. The third-order valence-electron chi connectivity index (χ3n) is 7.84. The van der Waals surface area contributed by atoms with Gasteiger partial charge in [-0.3, -0.25) is 9.59 Å². The Morgan fingerprint density at radius 2 is 1.95 bits per heavy atom. The molecule has 1 saturated heterocycles. The van der Waals surface area contributed by atoms with Gasteiger partial charge >= 0.3 is 0 Å². The fourth-order valence-corrected chi connectivity index (χ4v) is 5.63. The van der Waals surface area contributed by atoms with Crippen LogP contribution in [0.5, 0.6) is 11.5 Å². The highest BCUT2D eigenvalue weighted by Crippen LogP contribution is 2.47. The normalized spacial score (nSPS) is 32.8. The first-order valence-corrected chi connectivity index (χ1v) is 12.3. The number of hydrogen-bond donors (Lipinski definition) is 5. The molecule has 0 bridgehead atoms. The molecule has 0 spiro atoms. The van der Waals surface area contributed by atoms with Gasteiger partial charge in [-0.2, -0.15) is 0 Å². The van der Waals surface area contributed by atoms with Crippen molar-refractivity contribution in [3.8, 4) is 11.5 Å². The third kappa shape index (κ3) is 4.04. The van der Waals surface area contributed by atoms with Crippen molar-refractivity contribution in [1.29, 1.82) is 0 Å². The first-order valence-electron chi connectivity index (χ1n) is 12.3. The standard InChI is InChI=1S/C27H31NO9/c1-11-23(30)17(28)8-20(36-11)37-19-10-27(34,12(2)29)9-16-21(19)25(32)15-7-14-13(5-4-6-18(14)35-3)24(31)22(15)26(16)33/h4-7,11-12,17,19-20,23,29-31,34H,8-10,28H2,1-3H3/t11-,12?,17-,19-,20-,23+,27-/m0/s1. The Bertz CT molecular complexity index is 1310. The van der Waals surface area contributed by atoms with Gasteiger partial charge in [0.2, 0.25) is 0 Å². The summed E-state index contributed by atoms with van der Waals surface area (Å²) in [5, 5.41) is 43.7. The van der Waals surface area contributed by atoms with E-state index < -0.39 is 53.9 Å². The number of aliphatic hydroxyl groups is 3. The summed E-state index contributed by atoms with van der Waals surface area (Å²) in [4.78, 5) is 27.7. The number of rotatable bonds is 4. The molecule has 7 atom stereocenters. The molecular weight excluding hydrogens is 482 g/mol. The van der Waals surface area contributed by atoms with Gasteiger partial charge < -0.3 is 40.4 Å². The van der Waals surface area contributed by atoms with Crippen molar-refractivity contribution in [2.45, 2.75) is 75.5 Å². The maximum absolute atomic E-state index is 13.9. The summed E-state index contributed by atoms with van der Waals surface area (Å²) < 4.78 is 17.3. The van der Waals surface area contributed by atoms with E-state index in [1.54, 1.807) is 25.1 Å².